The first-order chi connectivity index (χ1) is 17.1. The highest BCUT2D eigenvalue weighted by molar-refractivity contribution is 5.69. The fourth-order valence-corrected chi connectivity index (χ4v) is 4.86. The lowest BCUT2D eigenvalue weighted by atomic mass is 10.1. The molecule has 7 heteroatoms. The van der Waals surface area contributed by atoms with Crippen LogP contribution in [0, 0.1) is 0 Å². The molecule has 0 fully saturated rings. The van der Waals surface area contributed by atoms with Gasteiger partial charge in [-0.25, -0.2) is 9.78 Å². The molecular weight excluding hydrogens is 438 g/mol. The largest absolute Gasteiger partial charge is 0.332 e. The first-order valence-corrected chi connectivity index (χ1v) is 14.4. The topological polar surface area (TPSA) is 73.8 Å². The van der Waals surface area contributed by atoms with Crippen LogP contribution in [-0.4, -0.2) is 31.8 Å². The molecule has 0 bridgehead atoms. The van der Waals surface area contributed by atoms with Crippen molar-refractivity contribution in [3.63, 3.8) is 0 Å². The minimum atomic E-state index is -0.272. The third-order valence-corrected chi connectivity index (χ3v) is 7.14. The molecule has 0 aliphatic carbocycles. The fourth-order valence-electron chi connectivity index (χ4n) is 4.86. The van der Waals surface area contributed by atoms with Crippen molar-refractivity contribution in [2.24, 2.45) is 14.1 Å². The SMILES string of the molecule is CCCCCCCCCCCCNCCCCCCCCCn1c(=O)c2c(ncn2C)n(C)c1=O. The predicted octanol–water partition coefficient (Wildman–Crippen LogP) is 5.67. The van der Waals surface area contributed by atoms with Gasteiger partial charge in [-0.3, -0.25) is 13.9 Å². The Morgan fingerprint density at radius 1 is 0.714 bits per heavy atom. The fraction of sp³-hybridized carbons (Fsp3) is 0.821. The number of aromatic nitrogens is 4. The zero-order valence-corrected chi connectivity index (χ0v) is 22.8. The average molecular weight is 490 g/mol. The van der Waals surface area contributed by atoms with Crippen LogP contribution in [0.1, 0.15) is 116 Å². The second-order valence-electron chi connectivity index (χ2n) is 10.2. The van der Waals surface area contributed by atoms with Crippen molar-refractivity contribution in [3.8, 4) is 0 Å². The van der Waals surface area contributed by atoms with Gasteiger partial charge in [-0.15, -0.1) is 0 Å². The summed E-state index contributed by atoms with van der Waals surface area (Å²) in [6.07, 6.45) is 23.7. The minimum Gasteiger partial charge on any atom is -0.328 e. The van der Waals surface area contributed by atoms with Crippen LogP contribution in [0.2, 0.25) is 0 Å². The van der Waals surface area contributed by atoms with E-state index in [2.05, 4.69) is 17.2 Å². The maximum Gasteiger partial charge on any atom is 0.332 e. The molecule has 0 unspecified atom stereocenters. The van der Waals surface area contributed by atoms with Gasteiger partial charge in [0.05, 0.1) is 6.33 Å². The Balaban J connectivity index is 1.41. The van der Waals surface area contributed by atoms with Crippen molar-refractivity contribution in [3.05, 3.63) is 27.2 Å². The molecule has 2 aromatic rings. The lowest BCUT2D eigenvalue weighted by molar-refractivity contribution is 0.511. The van der Waals surface area contributed by atoms with Gasteiger partial charge in [-0.2, -0.15) is 0 Å². The molecule has 0 aliphatic rings. The van der Waals surface area contributed by atoms with E-state index >= 15 is 0 Å². The van der Waals surface area contributed by atoms with E-state index < -0.39 is 0 Å². The Bertz CT molecular complexity index is 943. The summed E-state index contributed by atoms with van der Waals surface area (Å²) in [7, 11) is 3.47. The average Bonchev–Trinajstić information content (AvgIpc) is 3.25. The normalized spacial score (nSPS) is 11.6. The Hall–Kier alpha value is -1.89. The van der Waals surface area contributed by atoms with Gasteiger partial charge in [-0.1, -0.05) is 96.8 Å². The van der Waals surface area contributed by atoms with Gasteiger partial charge in [0.25, 0.3) is 5.56 Å². The molecule has 0 saturated carbocycles. The van der Waals surface area contributed by atoms with E-state index in [0.717, 1.165) is 25.8 Å². The van der Waals surface area contributed by atoms with E-state index in [4.69, 9.17) is 0 Å². The molecule has 200 valence electrons. The molecule has 0 amide bonds. The first kappa shape index (κ1) is 29.3. The zero-order chi connectivity index (χ0) is 25.3. The lowest BCUT2D eigenvalue weighted by Gasteiger charge is -2.08. The molecule has 2 heterocycles. The third-order valence-electron chi connectivity index (χ3n) is 7.14. The van der Waals surface area contributed by atoms with E-state index in [1.54, 1.807) is 25.0 Å². The van der Waals surface area contributed by atoms with Gasteiger partial charge in [0.1, 0.15) is 0 Å². The van der Waals surface area contributed by atoms with E-state index in [1.165, 1.54) is 106 Å². The standard InChI is InChI=1S/C28H51N5O2/c1-4-5-6-7-8-9-10-12-15-18-21-29-22-19-16-13-11-14-17-20-23-33-27(34)25-26(30-24-31(25)2)32(3)28(33)35/h24,29H,4-23H2,1-3H3. The molecule has 0 aromatic carbocycles. The Morgan fingerprint density at radius 2 is 1.20 bits per heavy atom. The molecule has 35 heavy (non-hydrogen) atoms. The molecule has 0 saturated heterocycles. The van der Waals surface area contributed by atoms with E-state index in [1.807, 2.05) is 0 Å². The summed E-state index contributed by atoms with van der Waals surface area (Å²) in [6.45, 7) is 5.07. The Labute approximate surface area is 212 Å². The Morgan fingerprint density at radius 3 is 1.74 bits per heavy atom. The second kappa shape index (κ2) is 17.5. The summed E-state index contributed by atoms with van der Waals surface area (Å²) >= 11 is 0. The second-order valence-corrected chi connectivity index (χ2v) is 10.2. The number of fused-ring (bicyclic) bond motifs is 1. The van der Waals surface area contributed by atoms with Gasteiger partial charge in [0.15, 0.2) is 11.2 Å². The Kier molecular flexibility index (Phi) is 14.7. The minimum absolute atomic E-state index is 0.228. The van der Waals surface area contributed by atoms with Crippen molar-refractivity contribution in [1.29, 1.82) is 0 Å². The number of aryl methyl sites for hydroxylation is 2. The van der Waals surface area contributed by atoms with Crippen molar-refractivity contribution in [2.75, 3.05) is 13.1 Å². The van der Waals surface area contributed by atoms with Gasteiger partial charge >= 0.3 is 5.69 Å². The van der Waals surface area contributed by atoms with Crippen LogP contribution in [-0.2, 0) is 20.6 Å². The highest BCUT2D eigenvalue weighted by atomic mass is 16.2. The van der Waals surface area contributed by atoms with Crippen LogP contribution >= 0.6 is 0 Å². The summed E-state index contributed by atoms with van der Waals surface area (Å²) in [5.41, 5.74) is 0.450. The number of nitrogens with zero attached hydrogens (tertiary/aromatic N) is 4. The van der Waals surface area contributed by atoms with Crippen LogP contribution < -0.4 is 16.6 Å². The maximum atomic E-state index is 12.7. The third kappa shape index (κ3) is 10.3. The number of unbranched alkanes of at least 4 members (excludes halogenated alkanes) is 15. The van der Waals surface area contributed by atoms with Crippen molar-refractivity contribution in [1.82, 2.24) is 24.0 Å². The molecule has 0 aliphatic heterocycles. The first-order valence-electron chi connectivity index (χ1n) is 14.4. The molecule has 0 radical (unpaired) electrons. The van der Waals surface area contributed by atoms with Crippen LogP contribution in [0.5, 0.6) is 0 Å². The van der Waals surface area contributed by atoms with Gasteiger partial charge in [-0.05, 0) is 32.4 Å². The zero-order valence-electron chi connectivity index (χ0n) is 22.8. The number of hydrogen-bond donors (Lipinski definition) is 1. The highest BCUT2D eigenvalue weighted by Gasteiger charge is 2.14. The van der Waals surface area contributed by atoms with Gasteiger partial charge in [0, 0.05) is 20.6 Å². The van der Waals surface area contributed by atoms with Crippen LogP contribution in [0.3, 0.4) is 0 Å². The molecule has 0 atom stereocenters. The van der Waals surface area contributed by atoms with Crippen LogP contribution in [0.25, 0.3) is 11.2 Å². The van der Waals surface area contributed by atoms with Gasteiger partial charge < -0.3 is 9.88 Å². The van der Waals surface area contributed by atoms with Crippen molar-refractivity contribution in [2.45, 2.75) is 123 Å². The van der Waals surface area contributed by atoms with Crippen LogP contribution in [0.4, 0.5) is 0 Å². The number of imidazole rings is 1. The molecule has 2 rings (SSSR count). The quantitative estimate of drug-likeness (QED) is 0.229. The van der Waals surface area contributed by atoms with Crippen LogP contribution in [0.15, 0.2) is 15.9 Å². The smallest absolute Gasteiger partial charge is 0.328 e. The molecule has 1 N–H and O–H groups in total. The monoisotopic (exact) mass is 489 g/mol. The van der Waals surface area contributed by atoms with E-state index in [-0.39, 0.29) is 11.2 Å². The molecule has 7 nitrogen and oxygen atoms in total. The van der Waals surface area contributed by atoms with E-state index in [9.17, 15) is 9.59 Å². The summed E-state index contributed by atoms with van der Waals surface area (Å²) < 4.78 is 4.53. The summed E-state index contributed by atoms with van der Waals surface area (Å²) in [5, 5.41) is 3.60. The molecule has 2 aromatic heterocycles. The summed E-state index contributed by atoms with van der Waals surface area (Å²) in [4.78, 5) is 29.4. The lowest BCUT2D eigenvalue weighted by Crippen LogP contribution is -2.39. The summed E-state index contributed by atoms with van der Waals surface area (Å²) in [5.74, 6) is 0. The predicted molar refractivity (Wildman–Crippen MR) is 147 cm³/mol. The van der Waals surface area contributed by atoms with E-state index in [0.29, 0.717) is 17.7 Å². The van der Waals surface area contributed by atoms with Crippen molar-refractivity contribution < 1.29 is 0 Å². The maximum absolute atomic E-state index is 12.7. The van der Waals surface area contributed by atoms with Gasteiger partial charge in [0.2, 0.25) is 0 Å². The number of nitrogens with one attached hydrogen (secondary N) is 1. The highest BCUT2D eigenvalue weighted by Crippen LogP contribution is 2.11. The van der Waals surface area contributed by atoms with Crippen molar-refractivity contribution >= 4 is 11.2 Å². The number of rotatable bonds is 21. The summed E-state index contributed by atoms with van der Waals surface area (Å²) in [6, 6.07) is 0. The molecule has 0 spiro atoms. The number of hydrogen-bond acceptors (Lipinski definition) is 4. The molecular formula is C28H51N5O2.